The minimum atomic E-state index is -0.920. The summed E-state index contributed by atoms with van der Waals surface area (Å²) in [7, 11) is 0. The highest BCUT2D eigenvalue weighted by atomic mass is 32.1. The van der Waals surface area contributed by atoms with E-state index >= 15 is 0 Å². The van der Waals surface area contributed by atoms with Crippen LogP contribution in [0.5, 0.6) is 5.75 Å². The maximum Gasteiger partial charge on any atom is 0.303 e. The Kier molecular flexibility index (Phi) is 6.28. The van der Waals surface area contributed by atoms with Crippen molar-refractivity contribution in [2.75, 3.05) is 0 Å². The lowest BCUT2D eigenvalue weighted by Gasteiger charge is -2.07. The number of benzene rings is 2. The number of hydrogen-bond donors (Lipinski definition) is 2. The van der Waals surface area contributed by atoms with E-state index in [-0.39, 0.29) is 18.4 Å². The zero-order valence-corrected chi connectivity index (χ0v) is 17.5. The predicted molar refractivity (Wildman–Crippen MR) is 118 cm³/mol. The van der Waals surface area contributed by atoms with Crippen molar-refractivity contribution in [3.8, 4) is 16.3 Å². The molecule has 0 spiro atoms. The Hall–Kier alpha value is -3.65. The number of carboxylic acids is 1. The molecular weight excluding hydrogens is 414 g/mol. The lowest BCUT2D eigenvalue weighted by Crippen LogP contribution is -2.09. The van der Waals surface area contributed by atoms with Crippen molar-refractivity contribution in [2.24, 2.45) is 0 Å². The Bertz CT molecular complexity index is 1210. The fourth-order valence-corrected chi connectivity index (χ4v) is 3.93. The van der Waals surface area contributed by atoms with Gasteiger partial charge in [-0.15, -0.1) is 11.3 Å². The first-order valence-electron chi connectivity index (χ1n) is 9.78. The molecule has 0 aliphatic heterocycles. The minimum absolute atomic E-state index is 0.0645. The normalized spacial score (nSPS) is 10.8. The number of ether oxygens (including phenoxy) is 1. The maximum atomic E-state index is 11.9. The molecule has 0 atom stereocenters. The van der Waals surface area contributed by atoms with E-state index < -0.39 is 5.97 Å². The van der Waals surface area contributed by atoms with Gasteiger partial charge in [0, 0.05) is 29.1 Å². The molecule has 158 valence electrons. The van der Waals surface area contributed by atoms with E-state index in [0.717, 1.165) is 27.6 Å². The van der Waals surface area contributed by atoms with Crippen molar-refractivity contribution in [3.05, 3.63) is 93.3 Å². The highest BCUT2D eigenvalue weighted by Crippen LogP contribution is 2.24. The third kappa shape index (κ3) is 5.49. The van der Waals surface area contributed by atoms with Crippen LogP contribution in [-0.2, 0) is 24.4 Å². The van der Waals surface area contributed by atoms with Gasteiger partial charge in [0.15, 0.2) is 0 Å². The molecule has 0 saturated carbocycles. The van der Waals surface area contributed by atoms with Crippen LogP contribution in [-0.4, -0.2) is 25.8 Å². The van der Waals surface area contributed by atoms with E-state index in [1.54, 1.807) is 22.2 Å². The summed E-state index contributed by atoms with van der Waals surface area (Å²) in [5, 5.41) is 14.5. The average molecular weight is 436 g/mol. The second-order valence-electron chi connectivity index (χ2n) is 7.06. The van der Waals surface area contributed by atoms with Gasteiger partial charge in [0.1, 0.15) is 17.4 Å². The number of aryl methyl sites for hydroxylation is 1. The van der Waals surface area contributed by atoms with Crippen LogP contribution in [0.2, 0.25) is 0 Å². The summed E-state index contributed by atoms with van der Waals surface area (Å²) in [6, 6.07) is 17.7. The number of aromatic amines is 1. The van der Waals surface area contributed by atoms with Crippen LogP contribution in [0.15, 0.2) is 71.0 Å². The molecule has 0 amide bonds. The first kappa shape index (κ1) is 20.6. The van der Waals surface area contributed by atoms with E-state index in [9.17, 15) is 9.59 Å². The van der Waals surface area contributed by atoms with Gasteiger partial charge in [-0.05, 0) is 24.1 Å². The number of hydrogen-bond acceptors (Lipinski definition) is 5. The summed E-state index contributed by atoms with van der Waals surface area (Å²) in [5.41, 5.74) is 3.19. The molecule has 0 unspecified atom stereocenters. The molecule has 7 nitrogen and oxygen atoms in total. The van der Waals surface area contributed by atoms with Crippen molar-refractivity contribution in [2.45, 2.75) is 26.0 Å². The monoisotopic (exact) mass is 435 g/mol. The molecule has 0 radical (unpaired) electrons. The van der Waals surface area contributed by atoms with Crippen molar-refractivity contribution in [1.82, 2.24) is 14.8 Å². The van der Waals surface area contributed by atoms with E-state index in [0.29, 0.717) is 18.7 Å². The van der Waals surface area contributed by atoms with Crippen LogP contribution < -0.4 is 10.3 Å². The lowest BCUT2D eigenvalue weighted by atomic mass is 10.2. The summed E-state index contributed by atoms with van der Waals surface area (Å²) in [5.74, 6) is -0.183. The standard InChI is InChI=1S/C23H21N3O4S/c27-21(28)11-8-18-13-26(25-22(18)29)12-16-6-9-20(10-7-16)30-14-19-15-31-23(24-19)17-4-2-1-3-5-17/h1-7,9-10,13,15H,8,11-12,14H2,(H,25,29)(H,27,28). The van der Waals surface area contributed by atoms with Gasteiger partial charge in [0.05, 0.1) is 12.2 Å². The van der Waals surface area contributed by atoms with Gasteiger partial charge in [0.25, 0.3) is 5.56 Å². The number of rotatable bonds is 9. The number of thiazole rings is 1. The van der Waals surface area contributed by atoms with Crippen LogP contribution >= 0.6 is 11.3 Å². The summed E-state index contributed by atoms with van der Waals surface area (Å²) in [6.45, 7) is 0.871. The van der Waals surface area contributed by atoms with Crippen LogP contribution in [0.3, 0.4) is 0 Å². The molecule has 0 bridgehead atoms. The van der Waals surface area contributed by atoms with Gasteiger partial charge >= 0.3 is 5.97 Å². The number of H-pyrrole nitrogens is 1. The van der Waals surface area contributed by atoms with Gasteiger partial charge in [-0.3, -0.25) is 19.4 Å². The highest BCUT2D eigenvalue weighted by Gasteiger charge is 2.08. The molecule has 2 aromatic carbocycles. The van der Waals surface area contributed by atoms with E-state index in [1.807, 2.05) is 60.0 Å². The van der Waals surface area contributed by atoms with E-state index in [4.69, 9.17) is 9.84 Å². The average Bonchev–Trinajstić information content (AvgIpc) is 3.39. The lowest BCUT2D eigenvalue weighted by molar-refractivity contribution is -0.136. The topological polar surface area (TPSA) is 97.2 Å². The van der Waals surface area contributed by atoms with E-state index in [1.165, 1.54) is 0 Å². The fraction of sp³-hybridized carbons (Fsp3) is 0.174. The van der Waals surface area contributed by atoms with Crippen molar-refractivity contribution < 1.29 is 14.6 Å². The van der Waals surface area contributed by atoms with Crippen molar-refractivity contribution >= 4 is 17.3 Å². The summed E-state index contributed by atoms with van der Waals surface area (Å²) < 4.78 is 7.51. The number of aliphatic carboxylic acids is 1. The zero-order chi connectivity index (χ0) is 21.6. The van der Waals surface area contributed by atoms with Gasteiger partial charge in [-0.25, -0.2) is 4.98 Å². The number of nitrogens with zero attached hydrogens (tertiary/aromatic N) is 2. The summed E-state index contributed by atoms with van der Waals surface area (Å²) >= 11 is 1.59. The fourth-order valence-electron chi connectivity index (χ4n) is 3.12. The van der Waals surface area contributed by atoms with Gasteiger partial charge in [-0.1, -0.05) is 42.5 Å². The molecule has 0 fully saturated rings. The third-order valence-electron chi connectivity index (χ3n) is 4.69. The predicted octanol–water partition coefficient (Wildman–Crippen LogP) is 3.94. The van der Waals surface area contributed by atoms with Crippen molar-refractivity contribution in [1.29, 1.82) is 0 Å². The highest BCUT2D eigenvalue weighted by molar-refractivity contribution is 7.13. The Morgan fingerprint density at radius 2 is 1.90 bits per heavy atom. The second kappa shape index (κ2) is 9.44. The molecule has 4 aromatic rings. The third-order valence-corrected chi connectivity index (χ3v) is 5.63. The molecule has 0 aliphatic carbocycles. The van der Waals surface area contributed by atoms with Crippen molar-refractivity contribution in [3.63, 3.8) is 0 Å². The Morgan fingerprint density at radius 3 is 2.65 bits per heavy atom. The van der Waals surface area contributed by atoms with Crippen LogP contribution in [0.25, 0.3) is 10.6 Å². The maximum absolute atomic E-state index is 11.9. The van der Waals surface area contributed by atoms with Crippen LogP contribution in [0.4, 0.5) is 0 Å². The number of nitrogens with one attached hydrogen (secondary N) is 1. The van der Waals surface area contributed by atoms with E-state index in [2.05, 4.69) is 10.1 Å². The number of aromatic nitrogens is 3. The van der Waals surface area contributed by atoms with Gasteiger partial charge in [0.2, 0.25) is 0 Å². The second-order valence-corrected chi connectivity index (χ2v) is 7.92. The molecule has 0 saturated heterocycles. The minimum Gasteiger partial charge on any atom is -0.487 e. The number of carbonyl (C=O) groups is 1. The van der Waals surface area contributed by atoms with Crippen LogP contribution in [0.1, 0.15) is 23.2 Å². The molecule has 31 heavy (non-hydrogen) atoms. The molecule has 2 aromatic heterocycles. The largest absolute Gasteiger partial charge is 0.487 e. The Morgan fingerprint density at radius 1 is 1.13 bits per heavy atom. The number of carboxylic acid groups (broad SMARTS) is 1. The Labute approximate surface area is 182 Å². The summed E-state index contributed by atoms with van der Waals surface area (Å²) in [4.78, 5) is 27.2. The molecule has 4 rings (SSSR count). The molecule has 0 aliphatic rings. The first-order valence-corrected chi connectivity index (χ1v) is 10.7. The summed E-state index contributed by atoms with van der Waals surface area (Å²) in [6.07, 6.45) is 1.82. The molecule has 2 heterocycles. The molecule has 8 heteroatoms. The Balaban J connectivity index is 1.33. The zero-order valence-electron chi connectivity index (χ0n) is 16.7. The van der Waals surface area contributed by atoms with Crippen LogP contribution in [0, 0.1) is 0 Å². The molecule has 2 N–H and O–H groups in total. The quantitative estimate of drug-likeness (QED) is 0.415. The first-order chi connectivity index (χ1) is 15.1. The SMILES string of the molecule is O=C(O)CCc1cn(Cc2ccc(OCc3csc(-c4ccccc4)n3)cc2)[nH]c1=O. The van der Waals surface area contributed by atoms with Gasteiger partial charge in [-0.2, -0.15) is 0 Å². The molecular formula is C23H21N3O4S. The smallest absolute Gasteiger partial charge is 0.303 e. The van der Waals surface area contributed by atoms with Gasteiger partial charge < -0.3 is 9.84 Å².